The van der Waals surface area contributed by atoms with Crippen molar-refractivity contribution in [3.63, 3.8) is 0 Å². The Hall–Kier alpha value is -4.05. The fourth-order valence-corrected chi connectivity index (χ4v) is 4.24. The van der Waals surface area contributed by atoms with Crippen molar-refractivity contribution in [3.8, 4) is 11.3 Å². The second-order valence-corrected chi connectivity index (χ2v) is 8.67. The van der Waals surface area contributed by atoms with Crippen LogP contribution in [0, 0.1) is 12.7 Å². The Kier molecular flexibility index (Phi) is 6.04. The quantitative estimate of drug-likeness (QED) is 0.344. The standard InChI is InChI=1S/C25H23FN8S/c1-14(17-5-4-6-18-19(25(35)27-3)7-8-28-23(17)18)10-29-21-9-20(31-13-32-21)16-11-30-24-22(26)15(2)33-34(24)12-16/h4-9,11-14H,10H2,1-3H3,(H,27,35)(H,29,31,32)/t14-/m0/s1. The number of pyridine rings is 1. The first-order valence-electron chi connectivity index (χ1n) is 11.1. The molecule has 0 saturated carbocycles. The second-order valence-electron chi connectivity index (χ2n) is 8.26. The Morgan fingerprint density at radius 2 is 2.03 bits per heavy atom. The summed E-state index contributed by atoms with van der Waals surface area (Å²) in [4.78, 5) is 18.2. The summed E-state index contributed by atoms with van der Waals surface area (Å²) in [7, 11) is 1.82. The van der Waals surface area contributed by atoms with E-state index in [1.807, 2.05) is 31.3 Å². The predicted molar refractivity (Wildman–Crippen MR) is 138 cm³/mol. The van der Waals surface area contributed by atoms with E-state index in [9.17, 15) is 4.39 Å². The first-order valence-corrected chi connectivity index (χ1v) is 11.5. The smallest absolute Gasteiger partial charge is 0.191 e. The molecule has 0 radical (unpaired) electrons. The molecule has 0 saturated heterocycles. The minimum Gasteiger partial charge on any atom is -0.379 e. The van der Waals surface area contributed by atoms with Crippen molar-refractivity contribution in [1.29, 1.82) is 0 Å². The van der Waals surface area contributed by atoms with Crippen molar-refractivity contribution in [3.05, 3.63) is 77.9 Å². The molecule has 1 atom stereocenters. The molecule has 0 spiro atoms. The molecule has 5 rings (SSSR count). The molecule has 8 nitrogen and oxygen atoms in total. The average molecular weight is 487 g/mol. The van der Waals surface area contributed by atoms with Gasteiger partial charge in [-0.3, -0.25) is 4.98 Å². The number of nitrogens with zero attached hydrogens (tertiary/aromatic N) is 6. The molecule has 2 N–H and O–H groups in total. The van der Waals surface area contributed by atoms with Gasteiger partial charge in [0.05, 0.1) is 16.9 Å². The van der Waals surface area contributed by atoms with E-state index in [1.54, 1.807) is 25.5 Å². The molecule has 4 aromatic heterocycles. The highest BCUT2D eigenvalue weighted by atomic mass is 32.1. The summed E-state index contributed by atoms with van der Waals surface area (Å²) in [5, 5.41) is 11.6. The maximum atomic E-state index is 14.1. The zero-order valence-corrected chi connectivity index (χ0v) is 20.3. The normalized spacial score (nSPS) is 12.1. The van der Waals surface area contributed by atoms with Gasteiger partial charge < -0.3 is 10.6 Å². The van der Waals surface area contributed by atoms with E-state index in [-0.39, 0.29) is 11.6 Å². The van der Waals surface area contributed by atoms with Gasteiger partial charge in [0, 0.05) is 60.7 Å². The molecule has 10 heteroatoms. The number of halogens is 1. The number of benzene rings is 1. The van der Waals surface area contributed by atoms with Crippen LogP contribution in [0.1, 0.15) is 29.7 Å². The Morgan fingerprint density at radius 1 is 1.17 bits per heavy atom. The van der Waals surface area contributed by atoms with Crippen LogP contribution in [0.4, 0.5) is 10.2 Å². The van der Waals surface area contributed by atoms with Gasteiger partial charge in [0.15, 0.2) is 11.5 Å². The molecule has 0 fully saturated rings. The van der Waals surface area contributed by atoms with Crippen molar-refractivity contribution in [1.82, 2.24) is 34.9 Å². The van der Waals surface area contributed by atoms with Crippen LogP contribution in [-0.4, -0.2) is 48.1 Å². The predicted octanol–water partition coefficient (Wildman–Crippen LogP) is 4.29. The summed E-state index contributed by atoms with van der Waals surface area (Å²) in [5.41, 5.74) is 4.89. The third kappa shape index (κ3) is 4.28. The van der Waals surface area contributed by atoms with Gasteiger partial charge in [-0.05, 0) is 18.6 Å². The van der Waals surface area contributed by atoms with Crippen LogP contribution < -0.4 is 10.6 Å². The molecule has 0 unspecified atom stereocenters. The molecule has 176 valence electrons. The molecule has 35 heavy (non-hydrogen) atoms. The molecule has 0 bridgehead atoms. The van der Waals surface area contributed by atoms with Crippen LogP contribution in [0.3, 0.4) is 0 Å². The van der Waals surface area contributed by atoms with Crippen molar-refractivity contribution in [2.24, 2.45) is 0 Å². The molecule has 0 aliphatic carbocycles. The van der Waals surface area contributed by atoms with E-state index in [2.05, 4.69) is 48.7 Å². The van der Waals surface area contributed by atoms with Gasteiger partial charge in [-0.25, -0.2) is 23.9 Å². The fraction of sp³-hybridized carbons (Fsp3) is 0.200. The summed E-state index contributed by atoms with van der Waals surface area (Å²) in [6, 6.07) is 9.93. The van der Waals surface area contributed by atoms with Gasteiger partial charge in [0.25, 0.3) is 0 Å². The molecule has 1 aromatic carbocycles. The number of para-hydroxylation sites is 1. The van der Waals surface area contributed by atoms with Crippen LogP contribution in [0.25, 0.3) is 27.8 Å². The van der Waals surface area contributed by atoms with Crippen LogP contribution in [0.5, 0.6) is 0 Å². The van der Waals surface area contributed by atoms with Gasteiger partial charge in [-0.2, -0.15) is 5.10 Å². The van der Waals surface area contributed by atoms with Gasteiger partial charge in [0.1, 0.15) is 17.1 Å². The monoisotopic (exact) mass is 486 g/mol. The number of hydrogen-bond donors (Lipinski definition) is 2. The maximum absolute atomic E-state index is 14.1. The van der Waals surface area contributed by atoms with E-state index in [0.717, 1.165) is 22.0 Å². The lowest BCUT2D eigenvalue weighted by atomic mass is 9.96. The minimum absolute atomic E-state index is 0.149. The third-order valence-electron chi connectivity index (χ3n) is 5.93. The molecule has 4 heterocycles. The van der Waals surface area contributed by atoms with Crippen LogP contribution in [-0.2, 0) is 0 Å². The zero-order valence-electron chi connectivity index (χ0n) is 19.5. The van der Waals surface area contributed by atoms with Gasteiger partial charge in [-0.15, -0.1) is 0 Å². The Morgan fingerprint density at radius 3 is 2.86 bits per heavy atom. The third-order valence-corrected chi connectivity index (χ3v) is 6.36. The first-order chi connectivity index (χ1) is 17.0. The number of aromatic nitrogens is 6. The van der Waals surface area contributed by atoms with Gasteiger partial charge >= 0.3 is 0 Å². The molecule has 5 aromatic rings. The highest BCUT2D eigenvalue weighted by Crippen LogP contribution is 2.27. The first kappa shape index (κ1) is 22.7. The van der Waals surface area contributed by atoms with Gasteiger partial charge in [0.2, 0.25) is 0 Å². The maximum Gasteiger partial charge on any atom is 0.191 e. The van der Waals surface area contributed by atoms with Crippen molar-refractivity contribution in [2.45, 2.75) is 19.8 Å². The largest absolute Gasteiger partial charge is 0.379 e. The van der Waals surface area contributed by atoms with E-state index in [0.29, 0.717) is 34.3 Å². The Bertz CT molecular complexity index is 1560. The lowest BCUT2D eigenvalue weighted by Crippen LogP contribution is -2.17. The minimum atomic E-state index is -0.418. The van der Waals surface area contributed by atoms with E-state index in [4.69, 9.17) is 12.2 Å². The van der Waals surface area contributed by atoms with E-state index in [1.165, 1.54) is 10.8 Å². The second kappa shape index (κ2) is 9.30. The summed E-state index contributed by atoms with van der Waals surface area (Å²) < 4.78 is 15.5. The number of nitrogens with one attached hydrogen (secondary N) is 2. The van der Waals surface area contributed by atoms with Crippen LogP contribution in [0.15, 0.2) is 55.2 Å². The van der Waals surface area contributed by atoms with E-state index >= 15 is 0 Å². The summed E-state index contributed by atoms with van der Waals surface area (Å²) >= 11 is 5.47. The fourth-order valence-electron chi connectivity index (χ4n) is 4.06. The number of anilines is 1. The molecule has 0 aliphatic rings. The molecule has 0 aliphatic heterocycles. The van der Waals surface area contributed by atoms with Crippen LogP contribution in [0.2, 0.25) is 0 Å². The SMILES string of the molecule is CNC(=S)c1ccnc2c([C@@H](C)CNc3cc(-c4cnc5c(F)c(C)nn5c4)ncn3)cccc12. The molecular weight excluding hydrogens is 463 g/mol. The number of hydrogen-bond acceptors (Lipinski definition) is 7. The molecule has 0 amide bonds. The van der Waals surface area contributed by atoms with Gasteiger partial charge in [-0.1, -0.05) is 37.3 Å². The number of rotatable bonds is 6. The topological polar surface area (TPSA) is 92.9 Å². The van der Waals surface area contributed by atoms with E-state index < -0.39 is 5.82 Å². The Balaban J connectivity index is 1.38. The summed E-state index contributed by atoms with van der Waals surface area (Å²) in [6.07, 6.45) is 6.58. The van der Waals surface area contributed by atoms with Crippen molar-refractivity contribution >= 4 is 39.6 Å². The average Bonchev–Trinajstić information content (AvgIpc) is 3.18. The summed E-state index contributed by atoms with van der Waals surface area (Å²) in [5.74, 6) is 0.407. The summed E-state index contributed by atoms with van der Waals surface area (Å²) in [6.45, 7) is 4.39. The highest BCUT2D eigenvalue weighted by molar-refractivity contribution is 7.80. The van der Waals surface area contributed by atoms with Crippen molar-refractivity contribution < 1.29 is 4.39 Å². The van der Waals surface area contributed by atoms with Crippen molar-refractivity contribution in [2.75, 3.05) is 18.9 Å². The number of thiocarbonyl (C=S) groups is 1. The molecular formula is C25H23FN8S. The number of fused-ring (bicyclic) bond motifs is 2. The number of aryl methyl sites for hydroxylation is 1. The Labute approximate surface area is 206 Å². The lowest BCUT2D eigenvalue weighted by Gasteiger charge is -2.17. The zero-order chi connectivity index (χ0) is 24.5. The highest BCUT2D eigenvalue weighted by Gasteiger charge is 2.15. The lowest BCUT2D eigenvalue weighted by molar-refractivity contribution is 0.626. The van der Waals surface area contributed by atoms with Crippen LogP contribution >= 0.6 is 12.2 Å².